The van der Waals surface area contributed by atoms with E-state index in [4.69, 9.17) is 9.15 Å². The van der Waals surface area contributed by atoms with E-state index in [1.54, 1.807) is 11.3 Å². The van der Waals surface area contributed by atoms with Gasteiger partial charge in [-0.05, 0) is 26.0 Å². The van der Waals surface area contributed by atoms with Crippen LogP contribution >= 0.6 is 11.3 Å². The van der Waals surface area contributed by atoms with Crippen LogP contribution in [0.4, 0.5) is 0 Å². The average molecular weight is 321 g/mol. The molecule has 1 aliphatic rings. The van der Waals surface area contributed by atoms with Gasteiger partial charge in [0, 0.05) is 11.9 Å². The highest BCUT2D eigenvalue weighted by molar-refractivity contribution is 7.09. The van der Waals surface area contributed by atoms with Crippen LogP contribution in [0.5, 0.6) is 0 Å². The van der Waals surface area contributed by atoms with E-state index in [9.17, 15) is 4.79 Å². The lowest BCUT2D eigenvalue weighted by molar-refractivity contribution is -0.129. The molecule has 3 rings (SSSR count). The van der Waals surface area contributed by atoms with Crippen LogP contribution in [0.25, 0.3) is 11.5 Å². The summed E-state index contributed by atoms with van der Waals surface area (Å²) in [6.07, 6.45) is -0.126. The fourth-order valence-corrected chi connectivity index (χ4v) is 3.00. The third-order valence-electron chi connectivity index (χ3n) is 3.57. The summed E-state index contributed by atoms with van der Waals surface area (Å²) in [6, 6.07) is 3.42. The first kappa shape index (κ1) is 15.2. The van der Waals surface area contributed by atoms with E-state index in [2.05, 4.69) is 15.6 Å². The van der Waals surface area contributed by atoms with Gasteiger partial charge in [-0.15, -0.1) is 11.3 Å². The number of aromatic nitrogens is 1. The number of furan rings is 1. The zero-order valence-electron chi connectivity index (χ0n) is 12.6. The molecular formula is C15H19N3O3S. The molecule has 2 atom stereocenters. The zero-order chi connectivity index (χ0) is 15.5. The third kappa shape index (κ3) is 3.37. The van der Waals surface area contributed by atoms with Crippen molar-refractivity contribution in [2.75, 3.05) is 13.2 Å². The standard InChI is InChI=1S/C15H19N3O3S/c1-9-14(16-5-6-20-9)15(19)17-7-11-3-4-13(21-11)12-8-22-10(2)18-12/h3-4,8-9,14,16H,5-7H2,1-2H3,(H,17,19)/t9-,14+/m1/s1. The number of nitrogens with zero attached hydrogens (tertiary/aromatic N) is 1. The van der Waals surface area contributed by atoms with E-state index in [0.717, 1.165) is 16.5 Å². The van der Waals surface area contributed by atoms with Crippen LogP contribution in [0.1, 0.15) is 17.7 Å². The fourth-order valence-electron chi connectivity index (χ4n) is 2.40. The molecule has 6 nitrogen and oxygen atoms in total. The first-order valence-electron chi connectivity index (χ1n) is 7.27. The number of hydrogen-bond donors (Lipinski definition) is 2. The van der Waals surface area contributed by atoms with Crippen molar-refractivity contribution in [3.8, 4) is 11.5 Å². The van der Waals surface area contributed by atoms with Crippen molar-refractivity contribution >= 4 is 17.2 Å². The number of thiazole rings is 1. The molecule has 118 valence electrons. The Morgan fingerprint density at radius 1 is 1.55 bits per heavy atom. The van der Waals surface area contributed by atoms with Crippen molar-refractivity contribution in [2.45, 2.75) is 32.5 Å². The lowest BCUT2D eigenvalue weighted by Crippen LogP contribution is -2.55. The maximum atomic E-state index is 12.2. The second-order valence-electron chi connectivity index (χ2n) is 5.24. The summed E-state index contributed by atoms with van der Waals surface area (Å²) in [5.41, 5.74) is 0.830. The van der Waals surface area contributed by atoms with Crippen LogP contribution in [0, 0.1) is 6.92 Å². The summed E-state index contributed by atoms with van der Waals surface area (Å²) < 4.78 is 11.2. The Hall–Kier alpha value is -1.70. The molecule has 22 heavy (non-hydrogen) atoms. The molecule has 0 aliphatic carbocycles. The Morgan fingerprint density at radius 3 is 3.14 bits per heavy atom. The number of nitrogens with one attached hydrogen (secondary N) is 2. The molecule has 0 saturated carbocycles. The Labute approximate surface area is 132 Å². The molecule has 0 unspecified atom stereocenters. The molecule has 1 amide bonds. The monoisotopic (exact) mass is 321 g/mol. The fraction of sp³-hybridized carbons (Fsp3) is 0.467. The van der Waals surface area contributed by atoms with Gasteiger partial charge in [-0.1, -0.05) is 0 Å². The SMILES string of the molecule is Cc1nc(-c2ccc(CNC(=O)[C@H]3NCCO[C@@H]3C)o2)cs1. The highest BCUT2D eigenvalue weighted by atomic mass is 32.1. The van der Waals surface area contributed by atoms with Crippen molar-refractivity contribution in [2.24, 2.45) is 0 Å². The molecule has 1 saturated heterocycles. The number of ether oxygens (including phenoxy) is 1. The minimum atomic E-state index is -0.315. The largest absolute Gasteiger partial charge is 0.458 e. The van der Waals surface area contributed by atoms with Gasteiger partial charge in [0.25, 0.3) is 0 Å². The maximum absolute atomic E-state index is 12.2. The summed E-state index contributed by atoms with van der Waals surface area (Å²) in [6.45, 7) is 5.54. The van der Waals surface area contributed by atoms with E-state index in [-0.39, 0.29) is 18.1 Å². The van der Waals surface area contributed by atoms with Gasteiger partial charge in [0.15, 0.2) is 5.76 Å². The van der Waals surface area contributed by atoms with Gasteiger partial charge in [-0.3, -0.25) is 4.79 Å². The van der Waals surface area contributed by atoms with Crippen LogP contribution in [0.15, 0.2) is 21.9 Å². The summed E-state index contributed by atoms with van der Waals surface area (Å²) in [5.74, 6) is 1.36. The van der Waals surface area contributed by atoms with E-state index in [0.29, 0.717) is 25.5 Å². The maximum Gasteiger partial charge on any atom is 0.240 e. The molecule has 1 aliphatic heterocycles. The molecule has 1 fully saturated rings. The molecule has 2 aromatic heterocycles. The van der Waals surface area contributed by atoms with Crippen LogP contribution in [0.2, 0.25) is 0 Å². The minimum absolute atomic E-state index is 0.0744. The third-order valence-corrected chi connectivity index (χ3v) is 4.34. The quantitative estimate of drug-likeness (QED) is 0.896. The Balaban J connectivity index is 1.57. The second kappa shape index (κ2) is 6.60. The minimum Gasteiger partial charge on any atom is -0.458 e. The molecule has 0 bridgehead atoms. The van der Waals surface area contributed by atoms with Crippen LogP contribution in [0.3, 0.4) is 0 Å². The Kier molecular flexibility index (Phi) is 4.56. The van der Waals surface area contributed by atoms with Gasteiger partial charge < -0.3 is 19.8 Å². The molecular weight excluding hydrogens is 302 g/mol. The number of hydrogen-bond acceptors (Lipinski definition) is 6. The van der Waals surface area contributed by atoms with E-state index < -0.39 is 0 Å². The highest BCUT2D eigenvalue weighted by Gasteiger charge is 2.28. The van der Waals surface area contributed by atoms with Gasteiger partial charge in [0.2, 0.25) is 5.91 Å². The number of rotatable bonds is 4. The van der Waals surface area contributed by atoms with Crippen molar-refractivity contribution in [1.29, 1.82) is 0 Å². The Bertz CT molecular complexity index is 652. The van der Waals surface area contributed by atoms with Crippen LogP contribution in [-0.4, -0.2) is 36.2 Å². The normalized spacial score (nSPS) is 21.7. The van der Waals surface area contributed by atoms with Crippen molar-refractivity contribution < 1.29 is 13.9 Å². The van der Waals surface area contributed by atoms with Gasteiger partial charge >= 0.3 is 0 Å². The van der Waals surface area contributed by atoms with Crippen LogP contribution < -0.4 is 10.6 Å². The number of carbonyl (C=O) groups excluding carboxylic acids is 1. The zero-order valence-corrected chi connectivity index (χ0v) is 13.4. The number of amides is 1. The van der Waals surface area contributed by atoms with Crippen molar-refractivity contribution in [1.82, 2.24) is 15.6 Å². The van der Waals surface area contributed by atoms with Gasteiger partial charge in [0.05, 0.1) is 24.3 Å². The van der Waals surface area contributed by atoms with E-state index in [1.165, 1.54) is 0 Å². The molecule has 0 aromatic carbocycles. The summed E-state index contributed by atoms with van der Waals surface area (Å²) in [7, 11) is 0. The molecule has 2 N–H and O–H groups in total. The summed E-state index contributed by atoms with van der Waals surface area (Å²) in [5, 5.41) is 9.00. The van der Waals surface area contributed by atoms with Crippen molar-refractivity contribution in [3.63, 3.8) is 0 Å². The van der Waals surface area contributed by atoms with Gasteiger partial charge in [-0.25, -0.2) is 4.98 Å². The smallest absolute Gasteiger partial charge is 0.240 e. The first-order chi connectivity index (χ1) is 10.6. The molecule has 2 aromatic rings. The lowest BCUT2D eigenvalue weighted by Gasteiger charge is -2.29. The molecule has 0 radical (unpaired) electrons. The predicted octanol–water partition coefficient (Wildman–Crippen LogP) is 1.70. The van der Waals surface area contributed by atoms with Crippen LogP contribution in [-0.2, 0) is 16.1 Å². The molecule has 7 heteroatoms. The predicted molar refractivity (Wildman–Crippen MR) is 83.6 cm³/mol. The average Bonchev–Trinajstić information content (AvgIpc) is 3.14. The van der Waals surface area contributed by atoms with E-state index >= 15 is 0 Å². The molecule has 0 spiro atoms. The second-order valence-corrected chi connectivity index (χ2v) is 6.31. The van der Waals surface area contributed by atoms with Gasteiger partial charge in [0.1, 0.15) is 17.5 Å². The van der Waals surface area contributed by atoms with E-state index in [1.807, 2.05) is 31.4 Å². The summed E-state index contributed by atoms with van der Waals surface area (Å²) >= 11 is 1.58. The first-order valence-corrected chi connectivity index (χ1v) is 8.15. The number of morpholine rings is 1. The topological polar surface area (TPSA) is 76.4 Å². The van der Waals surface area contributed by atoms with Crippen molar-refractivity contribution in [3.05, 3.63) is 28.3 Å². The lowest BCUT2D eigenvalue weighted by atomic mass is 10.1. The Morgan fingerprint density at radius 2 is 2.41 bits per heavy atom. The number of carbonyl (C=O) groups is 1. The highest BCUT2D eigenvalue weighted by Crippen LogP contribution is 2.23. The number of aryl methyl sites for hydroxylation is 1. The molecule has 3 heterocycles. The van der Waals surface area contributed by atoms with Gasteiger partial charge in [-0.2, -0.15) is 0 Å². The summed E-state index contributed by atoms with van der Waals surface area (Å²) in [4.78, 5) is 16.5.